The van der Waals surface area contributed by atoms with Gasteiger partial charge in [-0.05, 0) is 56.0 Å². The number of hydrogen-bond acceptors (Lipinski definition) is 5. The lowest BCUT2D eigenvalue weighted by Crippen LogP contribution is -2.72. The lowest BCUT2D eigenvalue weighted by Gasteiger charge is -2.51. The first kappa shape index (κ1) is 24.1. The maximum absolute atomic E-state index is 13.0. The molecule has 34 heavy (non-hydrogen) atoms. The fourth-order valence-corrected chi connectivity index (χ4v) is 4.90. The second kappa shape index (κ2) is 10.5. The van der Waals surface area contributed by atoms with E-state index in [1.165, 1.54) is 5.56 Å². The van der Waals surface area contributed by atoms with Crippen LogP contribution in [0.4, 0.5) is 0 Å². The molecule has 0 radical (unpaired) electrons. The Hall–Kier alpha value is -3.06. The highest BCUT2D eigenvalue weighted by Crippen LogP contribution is 2.34. The van der Waals surface area contributed by atoms with Crippen molar-refractivity contribution >= 4 is 11.8 Å². The highest BCUT2D eigenvalue weighted by Gasteiger charge is 2.52. The molecule has 7 nitrogen and oxygen atoms in total. The molecule has 0 aromatic heterocycles. The molecule has 0 unspecified atom stereocenters. The number of ether oxygens (including phenoxy) is 2. The van der Waals surface area contributed by atoms with E-state index in [9.17, 15) is 9.59 Å². The molecule has 1 N–H and O–H groups in total. The van der Waals surface area contributed by atoms with Gasteiger partial charge in [0.15, 0.2) is 0 Å². The average Bonchev–Trinajstić information content (AvgIpc) is 2.85. The van der Waals surface area contributed by atoms with Crippen molar-refractivity contribution in [2.24, 2.45) is 0 Å². The molecule has 2 aromatic carbocycles. The minimum atomic E-state index is -0.705. The van der Waals surface area contributed by atoms with Crippen LogP contribution in [0, 0.1) is 0 Å². The molecule has 0 aliphatic carbocycles. The van der Waals surface area contributed by atoms with E-state index in [0.717, 1.165) is 49.7 Å². The van der Waals surface area contributed by atoms with E-state index in [1.54, 1.807) is 14.0 Å². The maximum Gasteiger partial charge on any atom is 0.246 e. The Balaban J connectivity index is 1.36. The summed E-state index contributed by atoms with van der Waals surface area (Å²) in [5.41, 5.74) is 0.485. The van der Waals surface area contributed by atoms with E-state index in [4.69, 9.17) is 9.47 Å². The Bertz CT molecular complexity index is 999. The molecule has 2 fully saturated rings. The van der Waals surface area contributed by atoms with Crippen LogP contribution < -0.4 is 14.8 Å². The zero-order valence-corrected chi connectivity index (χ0v) is 20.4. The van der Waals surface area contributed by atoms with Crippen molar-refractivity contribution in [2.75, 3.05) is 26.7 Å². The Morgan fingerprint density at radius 2 is 1.74 bits per heavy atom. The number of benzene rings is 2. The first-order valence-corrected chi connectivity index (χ1v) is 12.2. The summed E-state index contributed by atoms with van der Waals surface area (Å²) >= 11 is 0. The average molecular weight is 466 g/mol. The van der Waals surface area contributed by atoms with Gasteiger partial charge < -0.3 is 19.7 Å². The third-order valence-corrected chi connectivity index (χ3v) is 6.95. The number of piperazine rings is 1. The molecule has 1 spiro atoms. The second-order valence-corrected chi connectivity index (χ2v) is 9.27. The van der Waals surface area contributed by atoms with Crippen molar-refractivity contribution in [1.82, 2.24) is 15.1 Å². The van der Waals surface area contributed by atoms with Crippen LogP contribution in [0.2, 0.25) is 0 Å². The molecule has 7 heteroatoms. The summed E-state index contributed by atoms with van der Waals surface area (Å²) in [5.74, 6) is 2.32. The third-order valence-electron chi connectivity index (χ3n) is 6.95. The van der Waals surface area contributed by atoms with Crippen LogP contribution in [0.3, 0.4) is 0 Å². The first-order valence-electron chi connectivity index (χ1n) is 12.2. The summed E-state index contributed by atoms with van der Waals surface area (Å²) < 4.78 is 11.2. The number of unbranched alkanes of at least 4 members (excludes halogenated alkanes) is 1. The van der Waals surface area contributed by atoms with Crippen LogP contribution in [0.15, 0.2) is 48.5 Å². The number of rotatable bonds is 8. The van der Waals surface area contributed by atoms with Gasteiger partial charge in [-0.15, -0.1) is 0 Å². The molecular formula is C27H35N3O4. The Morgan fingerprint density at radius 1 is 1.03 bits per heavy atom. The molecule has 182 valence electrons. The van der Waals surface area contributed by atoms with Crippen molar-refractivity contribution in [3.8, 4) is 17.2 Å². The van der Waals surface area contributed by atoms with E-state index in [0.29, 0.717) is 19.4 Å². The van der Waals surface area contributed by atoms with Crippen LogP contribution in [0.5, 0.6) is 17.2 Å². The zero-order chi connectivity index (χ0) is 24.1. The molecule has 2 amide bonds. The van der Waals surface area contributed by atoms with Gasteiger partial charge in [-0.1, -0.05) is 31.5 Å². The highest BCUT2D eigenvalue weighted by atomic mass is 16.5. The predicted octanol–water partition coefficient (Wildman–Crippen LogP) is 3.97. The van der Waals surface area contributed by atoms with Crippen molar-refractivity contribution in [2.45, 2.75) is 57.7 Å². The first-order chi connectivity index (χ1) is 16.4. The Labute approximate surface area is 202 Å². The van der Waals surface area contributed by atoms with Crippen LogP contribution in [0.25, 0.3) is 0 Å². The summed E-state index contributed by atoms with van der Waals surface area (Å²) in [5, 5.41) is 2.92. The fourth-order valence-electron chi connectivity index (χ4n) is 4.90. The minimum Gasteiger partial charge on any atom is -0.497 e. The van der Waals surface area contributed by atoms with Crippen molar-refractivity contribution in [1.29, 1.82) is 0 Å². The predicted molar refractivity (Wildman–Crippen MR) is 131 cm³/mol. The van der Waals surface area contributed by atoms with Gasteiger partial charge >= 0.3 is 0 Å². The number of nitrogens with zero attached hydrogens (tertiary/aromatic N) is 2. The largest absolute Gasteiger partial charge is 0.497 e. The van der Waals surface area contributed by atoms with Gasteiger partial charge in [-0.2, -0.15) is 0 Å². The molecule has 2 aliphatic heterocycles. The van der Waals surface area contributed by atoms with Gasteiger partial charge in [-0.3, -0.25) is 14.5 Å². The van der Waals surface area contributed by atoms with Crippen LogP contribution in [-0.4, -0.2) is 59.9 Å². The minimum absolute atomic E-state index is 0.00870. The monoisotopic (exact) mass is 465 g/mol. The Morgan fingerprint density at radius 3 is 2.41 bits per heavy atom. The molecule has 0 bridgehead atoms. The van der Waals surface area contributed by atoms with Crippen LogP contribution >= 0.6 is 0 Å². The second-order valence-electron chi connectivity index (χ2n) is 9.27. The third kappa shape index (κ3) is 5.04. The molecule has 4 rings (SSSR count). The Kier molecular flexibility index (Phi) is 7.41. The topological polar surface area (TPSA) is 71.1 Å². The number of amides is 2. The van der Waals surface area contributed by atoms with Crippen molar-refractivity contribution in [3.05, 3.63) is 54.1 Å². The number of methoxy groups -OCH3 is 1. The van der Waals surface area contributed by atoms with Crippen molar-refractivity contribution < 1.29 is 19.1 Å². The lowest BCUT2D eigenvalue weighted by atomic mass is 9.81. The van der Waals surface area contributed by atoms with Crippen molar-refractivity contribution in [3.63, 3.8) is 0 Å². The quantitative estimate of drug-likeness (QED) is 0.639. The molecular weight excluding hydrogens is 430 g/mol. The van der Waals surface area contributed by atoms with E-state index < -0.39 is 11.6 Å². The van der Waals surface area contributed by atoms with Crippen LogP contribution in [0.1, 0.15) is 45.1 Å². The summed E-state index contributed by atoms with van der Waals surface area (Å²) in [7, 11) is 1.64. The maximum atomic E-state index is 13.0. The number of hydrogen-bond donors (Lipinski definition) is 1. The molecule has 1 atom stereocenters. The van der Waals surface area contributed by atoms with E-state index >= 15 is 0 Å². The van der Waals surface area contributed by atoms with Gasteiger partial charge in [0.05, 0.1) is 7.11 Å². The number of likely N-dealkylation sites (tertiary alicyclic amines) is 1. The molecule has 0 saturated carbocycles. The molecule has 2 heterocycles. The van der Waals surface area contributed by atoms with E-state index in [-0.39, 0.29) is 11.8 Å². The normalized spacial score (nSPS) is 20.3. The summed E-state index contributed by atoms with van der Waals surface area (Å²) in [6.07, 6.45) is 3.25. The highest BCUT2D eigenvalue weighted by molar-refractivity contribution is 5.99. The van der Waals surface area contributed by atoms with E-state index in [1.807, 2.05) is 41.3 Å². The number of carbonyl (C=O) groups excluding carboxylic acids is 2. The van der Waals surface area contributed by atoms with Gasteiger partial charge in [0.25, 0.3) is 0 Å². The fraction of sp³-hybridized carbons (Fsp3) is 0.481. The number of carbonyl (C=O) groups is 2. The van der Waals surface area contributed by atoms with Gasteiger partial charge in [0.2, 0.25) is 11.8 Å². The molecule has 2 aliphatic rings. The van der Waals surface area contributed by atoms with Gasteiger partial charge in [0.1, 0.15) is 28.8 Å². The number of piperidine rings is 1. The zero-order valence-electron chi connectivity index (χ0n) is 20.4. The molecule has 2 saturated heterocycles. The smallest absolute Gasteiger partial charge is 0.246 e. The summed E-state index contributed by atoms with van der Waals surface area (Å²) in [6.45, 7) is 6.90. The summed E-state index contributed by atoms with van der Waals surface area (Å²) in [4.78, 5) is 30.2. The van der Waals surface area contributed by atoms with Crippen LogP contribution in [-0.2, 0) is 16.1 Å². The van der Waals surface area contributed by atoms with Gasteiger partial charge in [-0.25, -0.2) is 0 Å². The van der Waals surface area contributed by atoms with E-state index in [2.05, 4.69) is 29.3 Å². The number of nitrogens with one attached hydrogen (secondary N) is 1. The summed E-state index contributed by atoms with van der Waals surface area (Å²) in [6, 6.07) is 15.2. The molecule has 2 aromatic rings. The van der Waals surface area contributed by atoms with Gasteiger partial charge in [0, 0.05) is 32.2 Å². The lowest BCUT2D eigenvalue weighted by molar-refractivity contribution is -0.160. The standard InChI is InChI=1S/C27H35N3O4/c1-4-5-15-30-25(31)20(2)28-26(32)27(30)13-16-29(17-14-27)19-21-9-11-22(12-10-21)34-24-8-6-7-23(18-24)33-3/h6-12,18,20H,4-5,13-17,19H2,1-3H3,(H,28,32)/t20-/m0/s1. The SMILES string of the molecule is CCCCN1C(=O)[C@H](C)NC(=O)C12CCN(Cc1ccc(Oc3cccc(OC)c3)cc1)CC2.